The third-order valence-corrected chi connectivity index (χ3v) is 5.52. The van der Waals surface area contributed by atoms with Gasteiger partial charge in [0.1, 0.15) is 11.4 Å². The van der Waals surface area contributed by atoms with Gasteiger partial charge in [0.25, 0.3) is 11.8 Å². The molecule has 0 spiro atoms. The number of hydrogen-bond acceptors (Lipinski definition) is 4. The Bertz CT molecular complexity index is 945. The van der Waals surface area contributed by atoms with Crippen LogP contribution < -0.4 is 9.64 Å². The van der Waals surface area contributed by atoms with Crippen molar-refractivity contribution in [2.24, 2.45) is 0 Å². The number of amides is 2. The number of imide groups is 1. The average molecular weight is 411 g/mol. The third kappa shape index (κ3) is 3.75. The van der Waals surface area contributed by atoms with Crippen LogP contribution in [-0.4, -0.2) is 36.4 Å². The van der Waals surface area contributed by atoms with Crippen molar-refractivity contribution < 1.29 is 14.3 Å². The van der Waals surface area contributed by atoms with Gasteiger partial charge in [-0.2, -0.15) is 0 Å². The van der Waals surface area contributed by atoms with E-state index in [9.17, 15) is 9.59 Å². The van der Waals surface area contributed by atoms with E-state index in [4.69, 9.17) is 16.3 Å². The lowest BCUT2D eigenvalue weighted by atomic mass is 10.0. The molecule has 2 aromatic rings. The van der Waals surface area contributed by atoms with Gasteiger partial charge in [0, 0.05) is 18.1 Å². The van der Waals surface area contributed by atoms with Crippen molar-refractivity contribution in [3.63, 3.8) is 0 Å². The highest BCUT2D eigenvalue weighted by Gasteiger charge is 2.42. The van der Waals surface area contributed by atoms with E-state index in [2.05, 4.69) is 4.90 Å². The van der Waals surface area contributed by atoms with Gasteiger partial charge in [0.2, 0.25) is 0 Å². The van der Waals surface area contributed by atoms with Crippen LogP contribution in [0.3, 0.4) is 0 Å². The molecule has 0 aliphatic carbocycles. The Morgan fingerprint density at radius 1 is 0.897 bits per heavy atom. The molecule has 29 heavy (non-hydrogen) atoms. The van der Waals surface area contributed by atoms with E-state index in [1.165, 1.54) is 4.90 Å². The summed E-state index contributed by atoms with van der Waals surface area (Å²) in [6, 6.07) is 14.1. The van der Waals surface area contributed by atoms with Crippen LogP contribution in [-0.2, 0) is 9.59 Å². The number of nitrogens with zero attached hydrogens (tertiary/aromatic N) is 2. The number of piperidine rings is 1. The second kappa shape index (κ2) is 8.29. The normalized spacial score (nSPS) is 17.3. The lowest BCUT2D eigenvalue weighted by Crippen LogP contribution is -2.37. The zero-order chi connectivity index (χ0) is 20.4. The van der Waals surface area contributed by atoms with Gasteiger partial charge in [0.15, 0.2) is 0 Å². The average Bonchev–Trinajstić information content (AvgIpc) is 3.00. The van der Waals surface area contributed by atoms with Crippen LogP contribution in [0, 0.1) is 0 Å². The van der Waals surface area contributed by atoms with Crippen LogP contribution in [0.1, 0.15) is 31.7 Å². The Morgan fingerprint density at radius 2 is 1.55 bits per heavy atom. The molecular formula is C23H23ClN2O3. The summed E-state index contributed by atoms with van der Waals surface area (Å²) in [5.41, 5.74) is 2.20. The second-order valence-corrected chi connectivity index (χ2v) is 7.59. The number of halogens is 1. The molecule has 0 aromatic heterocycles. The highest BCUT2D eigenvalue weighted by molar-refractivity contribution is 6.45. The smallest absolute Gasteiger partial charge is 0.282 e. The quantitative estimate of drug-likeness (QED) is 0.680. The minimum atomic E-state index is -0.304. The Morgan fingerprint density at radius 3 is 2.17 bits per heavy atom. The summed E-state index contributed by atoms with van der Waals surface area (Å²) >= 11 is 5.99. The third-order valence-electron chi connectivity index (χ3n) is 5.27. The van der Waals surface area contributed by atoms with Gasteiger partial charge in [-0.1, -0.05) is 23.7 Å². The van der Waals surface area contributed by atoms with Crippen molar-refractivity contribution in [1.82, 2.24) is 4.90 Å². The maximum Gasteiger partial charge on any atom is 0.282 e. The number of hydrogen-bond donors (Lipinski definition) is 0. The standard InChI is InChI=1S/C23H23ClN2O3/c1-2-29-19-12-6-16(7-13-19)20-21(25-14-4-3-5-15-25)23(28)26(22(20)27)18-10-8-17(24)9-11-18/h6-13H,2-5,14-15H2,1H3. The number of ether oxygens (including phenoxy) is 1. The first-order valence-corrected chi connectivity index (χ1v) is 10.3. The molecule has 2 aromatic carbocycles. The fourth-order valence-corrected chi connectivity index (χ4v) is 4.02. The molecule has 2 heterocycles. The molecular weight excluding hydrogens is 388 g/mol. The van der Waals surface area contributed by atoms with Crippen LogP contribution >= 0.6 is 11.6 Å². The van der Waals surface area contributed by atoms with Gasteiger partial charge in [-0.05, 0) is 68.1 Å². The van der Waals surface area contributed by atoms with E-state index in [1.54, 1.807) is 24.3 Å². The molecule has 1 fully saturated rings. The Kier molecular flexibility index (Phi) is 5.58. The largest absolute Gasteiger partial charge is 0.494 e. The van der Waals surface area contributed by atoms with Crippen molar-refractivity contribution in [3.8, 4) is 5.75 Å². The lowest BCUT2D eigenvalue weighted by molar-refractivity contribution is -0.120. The molecule has 0 N–H and O–H groups in total. The molecule has 150 valence electrons. The minimum absolute atomic E-state index is 0.275. The zero-order valence-electron chi connectivity index (χ0n) is 16.4. The van der Waals surface area contributed by atoms with Gasteiger partial charge in [-0.3, -0.25) is 9.59 Å². The van der Waals surface area contributed by atoms with Gasteiger partial charge < -0.3 is 9.64 Å². The maximum atomic E-state index is 13.4. The van der Waals surface area contributed by atoms with E-state index < -0.39 is 0 Å². The predicted molar refractivity (Wildman–Crippen MR) is 114 cm³/mol. The monoisotopic (exact) mass is 410 g/mol. The molecule has 4 rings (SSSR count). The second-order valence-electron chi connectivity index (χ2n) is 7.15. The summed E-state index contributed by atoms with van der Waals surface area (Å²) in [4.78, 5) is 30.1. The fraction of sp³-hybridized carbons (Fsp3) is 0.304. The first kappa shape index (κ1) is 19.5. The Balaban J connectivity index is 1.77. The predicted octanol–water partition coefficient (Wildman–Crippen LogP) is 4.51. The van der Waals surface area contributed by atoms with Crippen LogP contribution in [0.25, 0.3) is 5.57 Å². The Hall–Kier alpha value is -2.79. The summed E-state index contributed by atoms with van der Waals surface area (Å²) < 4.78 is 5.52. The molecule has 0 radical (unpaired) electrons. The number of benzene rings is 2. The number of rotatable bonds is 5. The van der Waals surface area contributed by atoms with Crippen LogP contribution in [0.2, 0.25) is 5.02 Å². The summed E-state index contributed by atoms with van der Waals surface area (Å²) in [6.45, 7) is 4.06. The molecule has 2 aliphatic rings. The molecule has 2 amide bonds. The van der Waals surface area contributed by atoms with Crippen molar-refractivity contribution in [2.45, 2.75) is 26.2 Å². The van der Waals surface area contributed by atoms with Crippen molar-refractivity contribution in [3.05, 3.63) is 64.8 Å². The van der Waals surface area contributed by atoms with Crippen molar-refractivity contribution in [1.29, 1.82) is 0 Å². The zero-order valence-corrected chi connectivity index (χ0v) is 17.1. The van der Waals surface area contributed by atoms with Gasteiger partial charge in [-0.25, -0.2) is 4.90 Å². The SMILES string of the molecule is CCOc1ccc(C2=C(N3CCCCC3)C(=O)N(c3ccc(Cl)cc3)C2=O)cc1. The topological polar surface area (TPSA) is 49.9 Å². The lowest BCUT2D eigenvalue weighted by Gasteiger charge is -2.29. The van der Waals surface area contributed by atoms with E-state index in [1.807, 2.05) is 31.2 Å². The summed E-state index contributed by atoms with van der Waals surface area (Å²) in [6.07, 6.45) is 3.18. The van der Waals surface area contributed by atoms with Crippen molar-refractivity contribution in [2.75, 3.05) is 24.6 Å². The van der Waals surface area contributed by atoms with Gasteiger partial charge in [-0.15, -0.1) is 0 Å². The molecule has 1 saturated heterocycles. The van der Waals surface area contributed by atoms with Crippen LogP contribution in [0.4, 0.5) is 5.69 Å². The molecule has 2 aliphatic heterocycles. The van der Waals surface area contributed by atoms with E-state index in [0.717, 1.165) is 43.7 Å². The minimum Gasteiger partial charge on any atom is -0.494 e. The first-order valence-electron chi connectivity index (χ1n) is 9.97. The van der Waals surface area contributed by atoms with Gasteiger partial charge >= 0.3 is 0 Å². The van der Waals surface area contributed by atoms with Crippen LogP contribution in [0.5, 0.6) is 5.75 Å². The van der Waals surface area contributed by atoms with E-state index in [0.29, 0.717) is 28.6 Å². The fourth-order valence-electron chi connectivity index (χ4n) is 3.90. The number of carbonyl (C=O) groups is 2. The summed E-state index contributed by atoms with van der Waals surface area (Å²) in [5.74, 6) is 0.160. The van der Waals surface area contributed by atoms with E-state index in [-0.39, 0.29) is 11.8 Å². The van der Waals surface area contributed by atoms with Crippen molar-refractivity contribution >= 4 is 34.7 Å². The molecule has 0 bridgehead atoms. The van der Waals surface area contributed by atoms with Gasteiger partial charge in [0.05, 0.1) is 17.9 Å². The molecule has 0 unspecified atom stereocenters. The highest BCUT2D eigenvalue weighted by atomic mass is 35.5. The number of anilines is 1. The molecule has 0 saturated carbocycles. The molecule has 0 atom stereocenters. The highest BCUT2D eigenvalue weighted by Crippen LogP contribution is 2.36. The number of carbonyl (C=O) groups excluding carboxylic acids is 2. The maximum absolute atomic E-state index is 13.4. The molecule has 5 nitrogen and oxygen atoms in total. The Labute approximate surface area is 175 Å². The number of likely N-dealkylation sites (tertiary alicyclic amines) is 1. The van der Waals surface area contributed by atoms with E-state index >= 15 is 0 Å². The van der Waals surface area contributed by atoms with Crippen LogP contribution in [0.15, 0.2) is 54.2 Å². The summed E-state index contributed by atoms with van der Waals surface area (Å²) in [5, 5.41) is 0.559. The molecule has 6 heteroatoms. The first-order chi connectivity index (χ1) is 14.1. The summed E-state index contributed by atoms with van der Waals surface area (Å²) in [7, 11) is 0.